The summed E-state index contributed by atoms with van der Waals surface area (Å²) in [5.74, 6) is -0.484. The van der Waals surface area contributed by atoms with E-state index in [1.165, 1.54) is 12.4 Å². The fourth-order valence-corrected chi connectivity index (χ4v) is 1.33. The quantitative estimate of drug-likeness (QED) is 0.800. The lowest BCUT2D eigenvalue weighted by Gasteiger charge is -2.05. The van der Waals surface area contributed by atoms with E-state index in [0.29, 0.717) is 6.54 Å². The van der Waals surface area contributed by atoms with Crippen LogP contribution in [0.2, 0.25) is 5.15 Å². The van der Waals surface area contributed by atoms with Crippen molar-refractivity contribution in [3.05, 3.63) is 23.2 Å². The summed E-state index contributed by atoms with van der Waals surface area (Å²) >= 11 is 5.61. The molecule has 0 spiro atoms. The second-order valence-corrected chi connectivity index (χ2v) is 3.97. The third-order valence-electron chi connectivity index (χ3n) is 2.05. The van der Waals surface area contributed by atoms with Crippen molar-refractivity contribution in [2.75, 3.05) is 13.1 Å². The van der Waals surface area contributed by atoms with E-state index in [-0.39, 0.29) is 29.7 Å². The molecule has 0 bridgehead atoms. The predicted octanol–water partition coefficient (Wildman–Crippen LogP) is 0.776. The molecule has 0 aliphatic rings. The second-order valence-electron chi connectivity index (χ2n) is 3.58. The van der Waals surface area contributed by atoms with Crippen LogP contribution < -0.4 is 10.6 Å². The molecule has 6 nitrogen and oxygen atoms in total. The molecule has 0 unspecified atom stereocenters. The molecule has 0 aliphatic carbocycles. The van der Waals surface area contributed by atoms with Gasteiger partial charge in [-0.15, -0.1) is 0 Å². The Bertz CT molecular complexity index is 425. The average Bonchev–Trinajstić information content (AvgIpc) is 2.36. The van der Waals surface area contributed by atoms with Crippen molar-refractivity contribution in [2.45, 2.75) is 19.8 Å². The van der Waals surface area contributed by atoms with Crippen molar-refractivity contribution in [3.8, 4) is 0 Å². The normalized spacial score (nSPS) is 9.89. The van der Waals surface area contributed by atoms with Crippen LogP contribution in [0.25, 0.3) is 0 Å². The first-order chi connectivity index (χ1) is 8.63. The lowest BCUT2D eigenvalue weighted by Crippen LogP contribution is -2.31. The van der Waals surface area contributed by atoms with Crippen LogP contribution in [0.5, 0.6) is 0 Å². The maximum absolute atomic E-state index is 11.6. The smallest absolute Gasteiger partial charge is 0.271 e. The zero-order valence-corrected chi connectivity index (χ0v) is 10.8. The second kappa shape index (κ2) is 7.60. The molecule has 7 heteroatoms. The van der Waals surface area contributed by atoms with Gasteiger partial charge in [-0.3, -0.25) is 14.6 Å². The minimum Gasteiger partial charge on any atom is -0.356 e. The molecular formula is C11H15ClN4O2. The lowest BCUT2D eigenvalue weighted by atomic mass is 10.3. The molecule has 2 amide bonds. The van der Waals surface area contributed by atoms with Gasteiger partial charge in [0.15, 0.2) is 0 Å². The third kappa shape index (κ3) is 5.09. The van der Waals surface area contributed by atoms with E-state index in [0.717, 1.165) is 6.42 Å². The highest BCUT2D eigenvalue weighted by atomic mass is 35.5. The highest BCUT2D eigenvalue weighted by Crippen LogP contribution is 2.01. The molecule has 1 heterocycles. The number of nitrogens with one attached hydrogen (secondary N) is 2. The predicted molar refractivity (Wildman–Crippen MR) is 67.3 cm³/mol. The molecule has 0 aliphatic heterocycles. The van der Waals surface area contributed by atoms with Gasteiger partial charge in [0, 0.05) is 19.5 Å². The molecule has 0 fully saturated rings. The summed E-state index contributed by atoms with van der Waals surface area (Å²) in [5.41, 5.74) is 0.136. The number of rotatable bonds is 6. The van der Waals surface area contributed by atoms with Crippen LogP contribution in [-0.4, -0.2) is 34.9 Å². The number of carbonyl (C=O) groups excluding carboxylic acids is 2. The van der Waals surface area contributed by atoms with Crippen molar-refractivity contribution in [3.63, 3.8) is 0 Å². The van der Waals surface area contributed by atoms with E-state index < -0.39 is 5.91 Å². The molecule has 1 aromatic heterocycles. The standard InChI is InChI=1S/C11H15ClN4O2/c1-2-4-14-10(17)3-5-15-11(18)8-6-13-7-9(12)16-8/h6-7H,2-5H2,1H3,(H,14,17)(H,15,18). The van der Waals surface area contributed by atoms with Crippen molar-refractivity contribution in [1.82, 2.24) is 20.6 Å². The molecule has 2 N–H and O–H groups in total. The van der Waals surface area contributed by atoms with Gasteiger partial charge in [0.2, 0.25) is 5.91 Å². The van der Waals surface area contributed by atoms with E-state index in [2.05, 4.69) is 20.6 Å². The molecule has 0 atom stereocenters. The van der Waals surface area contributed by atoms with E-state index in [1.807, 2.05) is 6.92 Å². The Hall–Kier alpha value is -1.69. The van der Waals surface area contributed by atoms with Gasteiger partial charge < -0.3 is 10.6 Å². The fourth-order valence-electron chi connectivity index (χ4n) is 1.18. The number of nitrogens with zero attached hydrogens (tertiary/aromatic N) is 2. The van der Waals surface area contributed by atoms with Gasteiger partial charge in [-0.05, 0) is 6.42 Å². The van der Waals surface area contributed by atoms with E-state index in [9.17, 15) is 9.59 Å². The summed E-state index contributed by atoms with van der Waals surface area (Å²) in [7, 11) is 0. The van der Waals surface area contributed by atoms with Gasteiger partial charge in [0.1, 0.15) is 10.8 Å². The number of aromatic nitrogens is 2. The maximum Gasteiger partial charge on any atom is 0.271 e. The SMILES string of the molecule is CCCNC(=O)CCNC(=O)c1cncc(Cl)n1. The van der Waals surface area contributed by atoms with Crippen molar-refractivity contribution in [2.24, 2.45) is 0 Å². The Morgan fingerprint density at radius 2 is 2.06 bits per heavy atom. The van der Waals surface area contributed by atoms with Crippen molar-refractivity contribution >= 4 is 23.4 Å². The lowest BCUT2D eigenvalue weighted by molar-refractivity contribution is -0.120. The third-order valence-corrected chi connectivity index (χ3v) is 2.23. The number of amides is 2. The van der Waals surface area contributed by atoms with Crippen LogP contribution in [-0.2, 0) is 4.79 Å². The van der Waals surface area contributed by atoms with Gasteiger partial charge >= 0.3 is 0 Å². The van der Waals surface area contributed by atoms with Crippen LogP contribution in [0.4, 0.5) is 0 Å². The highest BCUT2D eigenvalue weighted by Gasteiger charge is 2.08. The Balaban J connectivity index is 2.31. The summed E-state index contributed by atoms with van der Waals surface area (Å²) in [6.45, 7) is 2.87. The van der Waals surface area contributed by atoms with Crippen LogP contribution in [0.3, 0.4) is 0 Å². The summed E-state index contributed by atoms with van der Waals surface area (Å²) in [4.78, 5) is 30.4. The minimum absolute atomic E-state index is 0.0886. The van der Waals surface area contributed by atoms with E-state index >= 15 is 0 Å². The molecular weight excluding hydrogens is 256 g/mol. The molecule has 1 rings (SSSR count). The molecule has 0 saturated heterocycles. The largest absolute Gasteiger partial charge is 0.356 e. The topological polar surface area (TPSA) is 84.0 Å². The van der Waals surface area contributed by atoms with Gasteiger partial charge in [0.25, 0.3) is 5.91 Å². The summed E-state index contributed by atoms with van der Waals surface area (Å²) in [6.07, 6.45) is 3.78. The first kappa shape index (κ1) is 14.4. The van der Waals surface area contributed by atoms with E-state index in [1.54, 1.807) is 0 Å². The first-order valence-corrected chi connectivity index (χ1v) is 6.03. The molecule has 98 valence electrons. The zero-order valence-electron chi connectivity index (χ0n) is 10.1. The first-order valence-electron chi connectivity index (χ1n) is 5.66. The number of halogens is 1. The Morgan fingerprint density at radius 3 is 2.72 bits per heavy atom. The molecule has 18 heavy (non-hydrogen) atoms. The Morgan fingerprint density at radius 1 is 1.28 bits per heavy atom. The average molecular weight is 271 g/mol. The van der Waals surface area contributed by atoms with Crippen LogP contribution in [0, 0.1) is 0 Å². The van der Waals surface area contributed by atoms with Gasteiger partial charge in [0.05, 0.1) is 12.4 Å². The van der Waals surface area contributed by atoms with Gasteiger partial charge in [-0.2, -0.15) is 0 Å². The van der Waals surface area contributed by atoms with E-state index in [4.69, 9.17) is 11.6 Å². The number of hydrogen-bond acceptors (Lipinski definition) is 4. The molecule has 0 radical (unpaired) electrons. The van der Waals surface area contributed by atoms with Crippen LogP contribution in [0.15, 0.2) is 12.4 Å². The summed E-state index contributed by atoms with van der Waals surface area (Å²) < 4.78 is 0. The zero-order chi connectivity index (χ0) is 13.4. The molecule has 0 saturated carbocycles. The highest BCUT2D eigenvalue weighted by molar-refractivity contribution is 6.29. The Kier molecular flexibility index (Phi) is 6.07. The maximum atomic E-state index is 11.6. The van der Waals surface area contributed by atoms with Crippen molar-refractivity contribution in [1.29, 1.82) is 0 Å². The Labute approximate surface area is 110 Å². The minimum atomic E-state index is -0.395. The van der Waals surface area contributed by atoms with Crippen molar-refractivity contribution < 1.29 is 9.59 Å². The number of carbonyl (C=O) groups is 2. The summed E-state index contributed by atoms with van der Waals surface area (Å²) in [6, 6.07) is 0. The molecule has 0 aromatic carbocycles. The van der Waals surface area contributed by atoms with Gasteiger partial charge in [-0.25, -0.2) is 4.98 Å². The monoisotopic (exact) mass is 270 g/mol. The number of hydrogen-bond donors (Lipinski definition) is 2. The fraction of sp³-hybridized carbons (Fsp3) is 0.455. The van der Waals surface area contributed by atoms with Crippen LogP contribution >= 0.6 is 11.6 Å². The van der Waals surface area contributed by atoms with Crippen LogP contribution in [0.1, 0.15) is 30.3 Å². The summed E-state index contributed by atoms with van der Waals surface area (Å²) in [5, 5.41) is 5.44. The van der Waals surface area contributed by atoms with Gasteiger partial charge in [-0.1, -0.05) is 18.5 Å². The molecule has 1 aromatic rings.